The van der Waals surface area contributed by atoms with E-state index < -0.39 is 39.6 Å². The average molecular weight is 339 g/mol. The molecule has 1 aromatic rings. The second-order valence-corrected chi connectivity index (χ2v) is 4.17. The van der Waals surface area contributed by atoms with Gasteiger partial charge in [0, 0.05) is 11.1 Å². The molecule has 1 rings (SSSR count). The Hall–Kier alpha value is -1.64. The van der Waals surface area contributed by atoms with Crippen LogP contribution >= 0.6 is 15.9 Å². The molecule has 0 unspecified atom stereocenters. The maximum absolute atomic E-state index is 12.9. The van der Waals surface area contributed by atoms with Gasteiger partial charge in [-0.05, 0) is 32.8 Å². The number of esters is 1. The monoisotopic (exact) mass is 338 g/mol. The van der Waals surface area contributed by atoms with Gasteiger partial charge >= 0.3 is 11.8 Å². The molecule has 0 aromatic carbocycles. The van der Waals surface area contributed by atoms with Crippen LogP contribution in [-0.4, -0.2) is 22.5 Å². The normalized spacial score (nSPS) is 10.6. The molecule has 0 N–H and O–H groups in total. The summed E-state index contributed by atoms with van der Waals surface area (Å²) in [4.78, 5) is 24.4. The Kier molecular flexibility index (Phi) is 5.28. The first-order chi connectivity index (χ1) is 8.88. The van der Waals surface area contributed by atoms with Crippen LogP contribution in [0.5, 0.6) is 0 Å². The Bertz CT molecular complexity index is 511. The Morgan fingerprint density at radius 1 is 1.63 bits per heavy atom. The Morgan fingerprint density at radius 2 is 2.26 bits per heavy atom. The summed E-state index contributed by atoms with van der Waals surface area (Å²) in [5.41, 5.74) is -0.722. The van der Waals surface area contributed by atoms with Crippen molar-refractivity contribution in [2.75, 3.05) is 6.61 Å². The molecule has 1 heterocycles. The highest BCUT2D eigenvalue weighted by Gasteiger charge is 2.27. The lowest BCUT2D eigenvalue weighted by Gasteiger charge is -2.09. The van der Waals surface area contributed by atoms with E-state index >= 15 is 0 Å². The number of carbonyl (C=O) groups excluding carboxylic acids is 1. The quantitative estimate of drug-likeness (QED) is 0.468. The fraction of sp³-hybridized carbons (Fsp3) is 0.400. The summed E-state index contributed by atoms with van der Waals surface area (Å²) in [5.74, 6) is -1.42. The van der Waals surface area contributed by atoms with E-state index in [4.69, 9.17) is 0 Å². The minimum Gasteiger partial charge on any atom is -0.466 e. The maximum atomic E-state index is 12.9. The number of alkyl halides is 2. The number of carbonyl (C=O) groups is 1. The van der Waals surface area contributed by atoms with Crippen LogP contribution in [0.1, 0.15) is 24.5 Å². The molecule has 0 aliphatic rings. The highest BCUT2D eigenvalue weighted by atomic mass is 79.9. The zero-order chi connectivity index (χ0) is 14.6. The topological polar surface area (TPSA) is 82.3 Å². The average Bonchev–Trinajstić information content (AvgIpc) is 2.28. The van der Waals surface area contributed by atoms with Crippen LogP contribution in [0, 0.1) is 10.1 Å². The van der Waals surface area contributed by atoms with Crippen molar-refractivity contribution >= 4 is 27.7 Å². The SMILES string of the molecule is CCOC(=O)Cc1cnc([N+](=O)[O-])c(Br)c1C(F)F. The van der Waals surface area contributed by atoms with E-state index in [0.717, 1.165) is 6.20 Å². The second-order valence-electron chi connectivity index (χ2n) is 3.37. The molecule has 0 saturated heterocycles. The van der Waals surface area contributed by atoms with Crippen molar-refractivity contribution in [2.45, 2.75) is 19.8 Å². The molecule has 1 aromatic heterocycles. The number of ether oxygens (including phenoxy) is 1. The lowest BCUT2D eigenvalue weighted by Crippen LogP contribution is -2.11. The van der Waals surface area contributed by atoms with E-state index in [0.29, 0.717) is 0 Å². The number of hydrogen-bond acceptors (Lipinski definition) is 5. The molecule has 0 bridgehead atoms. The van der Waals surface area contributed by atoms with Gasteiger partial charge < -0.3 is 14.9 Å². The summed E-state index contributed by atoms with van der Waals surface area (Å²) < 4.78 is 30.1. The number of aromatic nitrogens is 1. The van der Waals surface area contributed by atoms with Crippen LogP contribution in [-0.2, 0) is 16.0 Å². The molecule has 6 nitrogen and oxygen atoms in total. The van der Waals surface area contributed by atoms with E-state index in [1.807, 2.05) is 0 Å². The third-order valence-corrected chi connectivity index (χ3v) is 2.93. The van der Waals surface area contributed by atoms with E-state index in [-0.39, 0.29) is 12.2 Å². The van der Waals surface area contributed by atoms with Gasteiger partial charge in [0.05, 0.1) is 13.0 Å². The van der Waals surface area contributed by atoms with Gasteiger partial charge in [0.1, 0.15) is 10.7 Å². The van der Waals surface area contributed by atoms with E-state index in [1.54, 1.807) is 6.92 Å². The van der Waals surface area contributed by atoms with Crippen molar-refractivity contribution in [1.29, 1.82) is 0 Å². The summed E-state index contributed by atoms with van der Waals surface area (Å²) in [5, 5.41) is 10.6. The molecule has 9 heteroatoms. The van der Waals surface area contributed by atoms with Crippen LogP contribution in [0.3, 0.4) is 0 Å². The van der Waals surface area contributed by atoms with Crippen LogP contribution < -0.4 is 0 Å². The van der Waals surface area contributed by atoms with E-state index in [2.05, 4.69) is 25.7 Å². The molecule has 0 fully saturated rings. The van der Waals surface area contributed by atoms with Gasteiger partial charge in [-0.15, -0.1) is 0 Å². The van der Waals surface area contributed by atoms with Crippen LogP contribution in [0.4, 0.5) is 14.6 Å². The van der Waals surface area contributed by atoms with Crippen molar-refractivity contribution in [3.05, 3.63) is 31.9 Å². The second kappa shape index (κ2) is 6.50. The number of hydrogen-bond donors (Lipinski definition) is 0. The molecule has 0 aliphatic carbocycles. The van der Waals surface area contributed by atoms with Crippen LogP contribution in [0.15, 0.2) is 10.7 Å². The fourth-order valence-electron chi connectivity index (χ4n) is 1.40. The molecule has 0 saturated carbocycles. The van der Waals surface area contributed by atoms with Gasteiger partial charge in [-0.1, -0.05) is 0 Å². The highest BCUT2D eigenvalue weighted by Crippen LogP contribution is 2.35. The minimum atomic E-state index is -2.97. The predicted molar refractivity (Wildman–Crippen MR) is 63.9 cm³/mol. The van der Waals surface area contributed by atoms with Gasteiger partial charge in [-0.2, -0.15) is 0 Å². The Morgan fingerprint density at radius 3 is 2.74 bits per heavy atom. The standard InChI is InChI=1S/C10H9BrF2N2O4/c1-2-19-6(16)3-5-4-14-10(15(17)18)8(11)7(5)9(12)13/h4,9H,2-3H2,1H3. The molecule has 0 amide bonds. The Balaban J connectivity index is 3.22. The summed E-state index contributed by atoms with van der Waals surface area (Å²) in [6.45, 7) is 1.69. The molecular formula is C10H9BrF2N2O4. The van der Waals surface area contributed by atoms with Gasteiger partial charge in [0.25, 0.3) is 6.43 Å². The Labute approximate surface area is 115 Å². The lowest BCUT2D eigenvalue weighted by atomic mass is 10.1. The zero-order valence-electron chi connectivity index (χ0n) is 9.73. The lowest BCUT2D eigenvalue weighted by molar-refractivity contribution is -0.390. The third-order valence-electron chi connectivity index (χ3n) is 2.15. The van der Waals surface area contributed by atoms with Crippen molar-refractivity contribution < 1.29 is 23.2 Å². The fourth-order valence-corrected chi connectivity index (χ4v) is 2.07. The van der Waals surface area contributed by atoms with Crippen LogP contribution in [0.2, 0.25) is 0 Å². The van der Waals surface area contributed by atoms with Crippen LogP contribution in [0.25, 0.3) is 0 Å². The largest absolute Gasteiger partial charge is 0.466 e. The third kappa shape index (κ3) is 3.66. The first-order valence-corrected chi connectivity index (χ1v) is 5.93. The van der Waals surface area contributed by atoms with Crippen molar-refractivity contribution in [1.82, 2.24) is 4.98 Å². The molecule has 19 heavy (non-hydrogen) atoms. The van der Waals surface area contributed by atoms with Gasteiger partial charge in [-0.25, -0.2) is 8.78 Å². The summed E-state index contributed by atoms with van der Waals surface area (Å²) in [6, 6.07) is 0. The molecule has 0 spiro atoms. The number of rotatable bonds is 5. The number of nitro groups is 1. The van der Waals surface area contributed by atoms with Crippen molar-refractivity contribution in [3.63, 3.8) is 0 Å². The maximum Gasteiger partial charge on any atom is 0.378 e. The summed E-state index contributed by atoms with van der Waals surface area (Å²) >= 11 is 2.73. The first kappa shape index (κ1) is 15.4. The minimum absolute atomic E-state index is 0.106. The predicted octanol–water partition coefficient (Wildman–Crippen LogP) is 2.80. The van der Waals surface area contributed by atoms with Gasteiger partial charge in [0.15, 0.2) is 0 Å². The molecule has 0 atom stereocenters. The molecular weight excluding hydrogens is 330 g/mol. The number of nitrogens with zero attached hydrogens (tertiary/aromatic N) is 2. The van der Waals surface area contributed by atoms with Gasteiger partial charge in [0.2, 0.25) is 0 Å². The molecule has 0 radical (unpaired) electrons. The summed E-state index contributed by atoms with van der Waals surface area (Å²) in [6.07, 6.45) is -2.50. The van der Waals surface area contributed by atoms with Crippen molar-refractivity contribution in [3.8, 4) is 0 Å². The van der Waals surface area contributed by atoms with E-state index in [1.165, 1.54) is 0 Å². The molecule has 0 aliphatic heterocycles. The molecule has 104 valence electrons. The number of pyridine rings is 1. The zero-order valence-corrected chi connectivity index (χ0v) is 11.3. The first-order valence-electron chi connectivity index (χ1n) is 5.13. The summed E-state index contributed by atoms with van der Waals surface area (Å²) in [7, 11) is 0. The number of halogens is 3. The highest BCUT2D eigenvalue weighted by molar-refractivity contribution is 9.10. The smallest absolute Gasteiger partial charge is 0.378 e. The van der Waals surface area contributed by atoms with Gasteiger partial charge in [-0.3, -0.25) is 4.79 Å². The van der Waals surface area contributed by atoms with Crippen molar-refractivity contribution in [2.24, 2.45) is 0 Å². The van der Waals surface area contributed by atoms with E-state index in [9.17, 15) is 23.7 Å².